The summed E-state index contributed by atoms with van der Waals surface area (Å²) < 4.78 is 0. The van der Waals surface area contributed by atoms with Gasteiger partial charge in [0.2, 0.25) is 0 Å². The molecule has 0 aromatic heterocycles. The maximum Gasteiger partial charge on any atom is 0.102 e. The predicted octanol–water partition coefficient (Wildman–Crippen LogP) is 2.76. The number of nitriles is 1. The third-order valence-electron chi connectivity index (χ3n) is 4.35. The summed E-state index contributed by atoms with van der Waals surface area (Å²) in [5, 5.41) is 9.02. The van der Waals surface area contributed by atoms with Gasteiger partial charge >= 0.3 is 0 Å². The van der Waals surface area contributed by atoms with Gasteiger partial charge in [-0.15, -0.1) is 0 Å². The molecule has 0 aromatic rings. The molecule has 1 fully saturated rings. The molecule has 0 spiro atoms. The van der Waals surface area contributed by atoms with E-state index in [4.69, 9.17) is 11.0 Å². The molecular weight excluding hydrogens is 222 g/mol. The van der Waals surface area contributed by atoms with Crippen LogP contribution in [0.5, 0.6) is 0 Å². The largest absolute Gasteiger partial charge is 0.314 e. The summed E-state index contributed by atoms with van der Waals surface area (Å²) in [7, 11) is 0. The zero-order valence-corrected chi connectivity index (χ0v) is 12.4. The number of nitrogens with two attached hydrogens (primary N) is 1. The van der Waals surface area contributed by atoms with E-state index in [1.54, 1.807) is 0 Å². The molecule has 3 unspecified atom stereocenters. The summed E-state index contributed by atoms with van der Waals surface area (Å²) in [5.41, 5.74) is 5.26. The van der Waals surface area contributed by atoms with Gasteiger partial charge in [0, 0.05) is 6.04 Å². The van der Waals surface area contributed by atoms with E-state index < -0.39 is 5.54 Å². The second-order valence-corrected chi connectivity index (χ2v) is 6.55. The number of likely N-dealkylation sites (tertiary alicyclic amines) is 1. The van der Waals surface area contributed by atoms with E-state index in [0.717, 1.165) is 31.3 Å². The summed E-state index contributed by atoms with van der Waals surface area (Å²) in [6.45, 7) is 11.0. The molecule has 1 aliphatic rings. The molecule has 0 saturated carbocycles. The summed E-state index contributed by atoms with van der Waals surface area (Å²) in [5.74, 6) is 1.65. The van der Waals surface area contributed by atoms with E-state index in [1.165, 1.54) is 19.3 Å². The van der Waals surface area contributed by atoms with Crippen LogP contribution in [0.1, 0.15) is 53.4 Å². The van der Waals surface area contributed by atoms with Gasteiger partial charge < -0.3 is 10.6 Å². The Morgan fingerprint density at radius 3 is 2.56 bits per heavy atom. The van der Waals surface area contributed by atoms with Crippen LogP contribution in [-0.2, 0) is 0 Å². The zero-order valence-electron chi connectivity index (χ0n) is 12.4. The highest BCUT2D eigenvalue weighted by atomic mass is 15.2. The topological polar surface area (TPSA) is 53.0 Å². The van der Waals surface area contributed by atoms with Crippen molar-refractivity contribution < 1.29 is 0 Å². The summed E-state index contributed by atoms with van der Waals surface area (Å²) >= 11 is 0. The van der Waals surface area contributed by atoms with E-state index in [2.05, 4.69) is 31.7 Å². The Bertz CT molecular complexity index is 291. The first kappa shape index (κ1) is 15.5. The number of nitrogens with zero attached hydrogens (tertiary/aromatic N) is 2. The molecular formula is C15H29N3. The van der Waals surface area contributed by atoms with Crippen molar-refractivity contribution >= 4 is 0 Å². The fourth-order valence-corrected chi connectivity index (χ4v) is 3.04. The molecule has 0 amide bonds. The lowest BCUT2D eigenvalue weighted by Crippen LogP contribution is -2.44. The van der Waals surface area contributed by atoms with Gasteiger partial charge in [-0.05, 0) is 64.5 Å². The number of hydrogen-bond donors (Lipinski definition) is 1. The number of hydrogen-bond acceptors (Lipinski definition) is 3. The van der Waals surface area contributed by atoms with E-state index >= 15 is 0 Å². The van der Waals surface area contributed by atoms with Crippen molar-refractivity contribution in [3.05, 3.63) is 0 Å². The molecule has 1 aliphatic heterocycles. The molecule has 3 nitrogen and oxygen atoms in total. The molecule has 3 heteroatoms. The Balaban J connectivity index is 2.50. The van der Waals surface area contributed by atoms with Crippen LogP contribution in [0.15, 0.2) is 0 Å². The Morgan fingerprint density at radius 2 is 2.00 bits per heavy atom. The molecule has 0 bridgehead atoms. The average Bonchev–Trinajstić information content (AvgIpc) is 2.53. The predicted molar refractivity (Wildman–Crippen MR) is 76.0 cm³/mol. The van der Waals surface area contributed by atoms with E-state index in [1.807, 2.05) is 6.92 Å². The highest BCUT2D eigenvalue weighted by Crippen LogP contribution is 2.26. The zero-order chi connectivity index (χ0) is 13.8. The molecule has 18 heavy (non-hydrogen) atoms. The van der Waals surface area contributed by atoms with Gasteiger partial charge in [-0.2, -0.15) is 5.26 Å². The summed E-state index contributed by atoms with van der Waals surface area (Å²) in [4.78, 5) is 2.52. The van der Waals surface area contributed by atoms with Crippen LogP contribution >= 0.6 is 0 Å². The molecule has 0 radical (unpaired) electrons. The third kappa shape index (κ3) is 4.59. The van der Waals surface area contributed by atoms with Crippen molar-refractivity contribution in [1.29, 1.82) is 5.26 Å². The maximum atomic E-state index is 9.02. The van der Waals surface area contributed by atoms with Crippen LogP contribution in [0.25, 0.3) is 0 Å². The monoisotopic (exact) mass is 251 g/mol. The first-order valence-corrected chi connectivity index (χ1v) is 7.30. The minimum atomic E-state index is -0.691. The van der Waals surface area contributed by atoms with Gasteiger partial charge in [-0.25, -0.2) is 0 Å². The smallest absolute Gasteiger partial charge is 0.102 e. The van der Waals surface area contributed by atoms with Crippen molar-refractivity contribution in [2.45, 2.75) is 65.0 Å². The maximum absolute atomic E-state index is 9.02. The van der Waals surface area contributed by atoms with E-state index in [-0.39, 0.29) is 0 Å². The quantitative estimate of drug-likeness (QED) is 0.836. The lowest BCUT2D eigenvalue weighted by atomic mass is 9.89. The molecule has 0 aromatic carbocycles. The lowest BCUT2D eigenvalue weighted by molar-refractivity contribution is 0.187. The fourth-order valence-electron chi connectivity index (χ4n) is 3.04. The van der Waals surface area contributed by atoms with Crippen molar-refractivity contribution in [3.8, 4) is 6.07 Å². The van der Waals surface area contributed by atoms with Crippen LogP contribution in [-0.4, -0.2) is 29.6 Å². The molecule has 1 saturated heterocycles. The van der Waals surface area contributed by atoms with E-state index in [0.29, 0.717) is 6.04 Å². The lowest BCUT2D eigenvalue weighted by Gasteiger charge is -2.31. The molecule has 1 rings (SSSR count). The van der Waals surface area contributed by atoms with Crippen LogP contribution < -0.4 is 5.73 Å². The van der Waals surface area contributed by atoms with Gasteiger partial charge in [0.05, 0.1) is 6.07 Å². The Hall–Kier alpha value is -0.590. The standard InChI is InChI=1S/C15H29N3/c1-12(2)14-6-5-8-18(9-7-14)13(3)10-15(4,17)11-16/h12-14H,5-10,17H2,1-4H3. The first-order valence-electron chi connectivity index (χ1n) is 7.30. The van der Waals surface area contributed by atoms with Crippen LogP contribution in [0.2, 0.25) is 0 Å². The second kappa shape index (κ2) is 6.54. The third-order valence-corrected chi connectivity index (χ3v) is 4.35. The van der Waals surface area contributed by atoms with Crippen molar-refractivity contribution in [2.75, 3.05) is 13.1 Å². The minimum Gasteiger partial charge on any atom is -0.314 e. The molecule has 0 aliphatic carbocycles. The van der Waals surface area contributed by atoms with Crippen molar-refractivity contribution in [2.24, 2.45) is 17.6 Å². The van der Waals surface area contributed by atoms with Crippen molar-refractivity contribution in [3.63, 3.8) is 0 Å². The van der Waals surface area contributed by atoms with Crippen LogP contribution in [0.4, 0.5) is 0 Å². The van der Waals surface area contributed by atoms with E-state index in [9.17, 15) is 0 Å². The highest BCUT2D eigenvalue weighted by molar-refractivity contribution is 5.02. The highest BCUT2D eigenvalue weighted by Gasteiger charge is 2.27. The van der Waals surface area contributed by atoms with Gasteiger partial charge in [0.15, 0.2) is 0 Å². The summed E-state index contributed by atoms with van der Waals surface area (Å²) in [6.07, 6.45) is 4.67. The van der Waals surface area contributed by atoms with Gasteiger partial charge in [0.1, 0.15) is 5.54 Å². The number of rotatable bonds is 4. The average molecular weight is 251 g/mol. The molecule has 2 N–H and O–H groups in total. The van der Waals surface area contributed by atoms with Crippen LogP contribution in [0, 0.1) is 23.2 Å². The SMILES string of the molecule is CC(C)C1CCCN(C(C)CC(C)(N)C#N)CC1. The fraction of sp³-hybridized carbons (Fsp3) is 0.933. The Labute approximate surface area is 112 Å². The minimum absolute atomic E-state index is 0.408. The normalized spacial score (nSPS) is 27.3. The first-order chi connectivity index (χ1) is 8.35. The van der Waals surface area contributed by atoms with Gasteiger partial charge in [-0.1, -0.05) is 13.8 Å². The molecule has 1 heterocycles. The second-order valence-electron chi connectivity index (χ2n) is 6.55. The summed E-state index contributed by atoms with van der Waals surface area (Å²) in [6, 6.07) is 2.61. The van der Waals surface area contributed by atoms with Gasteiger partial charge in [-0.3, -0.25) is 0 Å². The molecule has 3 atom stereocenters. The van der Waals surface area contributed by atoms with Crippen molar-refractivity contribution in [1.82, 2.24) is 4.90 Å². The van der Waals surface area contributed by atoms with Crippen LogP contribution in [0.3, 0.4) is 0 Å². The van der Waals surface area contributed by atoms with Gasteiger partial charge in [0.25, 0.3) is 0 Å². The molecule has 104 valence electrons. The Morgan fingerprint density at radius 1 is 1.33 bits per heavy atom. The Kier molecular flexibility index (Phi) is 5.62.